The molecule has 0 bridgehead atoms. The molecule has 1 amide bonds. The second kappa shape index (κ2) is 11.0. The number of carboxylic acid groups (broad SMARTS) is 1. The number of amides is 1. The molecule has 0 aliphatic heterocycles. The summed E-state index contributed by atoms with van der Waals surface area (Å²) in [5.41, 5.74) is 1.17. The molecule has 0 spiro atoms. The smallest absolute Gasteiger partial charge is 0.326 e. The molecule has 1 heterocycles. The molecule has 3 aromatic rings. The maximum atomic E-state index is 12.8. The number of nitrogens with zero attached hydrogens (tertiary/aromatic N) is 1. The van der Waals surface area contributed by atoms with Gasteiger partial charge in [0.1, 0.15) is 6.04 Å². The molecule has 0 fully saturated rings. The number of Topliss-reactive ketones (excluding diaryl/α,β-unsaturated/α-hetero) is 1. The first-order valence-electron chi connectivity index (χ1n) is 11.3. The van der Waals surface area contributed by atoms with E-state index in [1.54, 1.807) is 38.1 Å². The minimum absolute atomic E-state index is 0.0255. The number of carbonyl (C=O) groups excluding carboxylic acids is 2. The van der Waals surface area contributed by atoms with Crippen molar-refractivity contribution in [3.63, 3.8) is 0 Å². The molecular weight excluding hydrogens is 533 g/mol. The van der Waals surface area contributed by atoms with E-state index in [0.717, 1.165) is 10.5 Å². The normalized spacial score (nSPS) is 15.1. The molecule has 37 heavy (non-hydrogen) atoms. The van der Waals surface area contributed by atoms with Crippen LogP contribution in [0, 0.1) is 5.41 Å². The molecule has 0 saturated heterocycles. The standard InChI is InChI=1S/C27H23Cl2N3O4S/c1-27(2)23(22(24(27)33)37-17-6-4-3-5-7-17)32-20(26(35)36)12-15-8-10-16(11-9-15)31-25(34)21-18(28)13-30-14-19(21)29/h3-11,13-14,20,32H,12H2,1-2H3,(H,31,34)(H,35,36)/t20-/m0/s1. The fourth-order valence-electron chi connectivity index (χ4n) is 3.84. The molecular formula is C27H23Cl2N3O4S. The molecule has 10 heteroatoms. The Morgan fingerprint density at radius 2 is 1.65 bits per heavy atom. The van der Waals surface area contributed by atoms with E-state index in [-0.39, 0.29) is 27.8 Å². The Morgan fingerprint density at radius 1 is 1.03 bits per heavy atom. The van der Waals surface area contributed by atoms with Crippen LogP contribution in [0.3, 0.4) is 0 Å². The summed E-state index contributed by atoms with van der Waals surface area (Å²) in [5.74, 6) is -1.55. The van der Waals surface area contributed by atoms with E-state index in [4.69, 9.17) is 23.2 Å². The molecule has 0 radical (unpaired) electrons. The summed E-state index contributed by atoms with van der Waals surface area (Å²) in [4.78, 5) is 42.7. The van der Waals surface area contributed by atoms with Crippen LogP contribution in [0.15, 0.2) is 82.5 Å². The second-order valence-corrected chi connectivity index (χ2v) is 10.8. The lowest BCUT2D eigenvalue weighted by Crippen LogP contribution is -2.50. The summed E-state index contributed by atoms with van der Waals surface area (Å²) in [6, 6.07) is 15.3. The maximum absolute atomic E-state index is 12.8. The van der Waals surface area contributed by atoms with Crippen molar-refractivity contribution in [2.75, 3.05) is 5.32 Å². The van der Waals surface area contributed by atoms with E-state index in [1.807, 2.05) is 30.3 Å². The quantitative estimate of drug-likeness (QED) is 0.304. The van der Waals surface area contributed by atoms with Crippen LogP contribution in [0.1, 0.15) is 29.8 Å². The number of allylic oxidation sites excluding steroid dienone is 2. The fraction of sp³-hybridized carbons (Fsp3) is 0.185. The van der Waals surface area contributed by atoms with Gasteiger partial charge in [-0.3, -0.25) is 14.6 Å². The average molecular weight is 556 g/mol. The van der Waals surface area contributed by atoms with Crippen LogP contribution >= 0.6 is 35.0 Å². The van der Waals surface area contributed by atoms with E-state index in [0.29, 0.717) is 16.3 Å². The van der Waals surface area contributed by atoms with Crippen molar-refractivity contribution in [3.8, 4) is 0 Å². The number of nitrogens with one attached hydrogen (secondary N) is 2. The van der Waals surface area contributed by atoms with Crippen LogP contribution in [0.4, 0.5) is 5.69 Å². The molecule has 4 rings (SSSR count). The summed E-state index contributed by atoms with van der Waals surface area (Å²) in [6.45, 7) is 3.56. The van der Waals surface area contributed by atoms with Gasteiger partial charge >= 0.3 is 5.97 Å². The third kappa shape index (κ3) is 5.82. The highest BCUT2D eigenvalue weighted by molar-refractivity contribution is 8.04. The van der Waals surface area contributed by atoms with Gasteiger partial charge in [0.15, 0.2) is 5.78 Å². The van der Waals surface area contributed by atoms with Crippen molar-refractivity contribution in [1.29, 1.82) is 0 Å². The Morgan fingerprint density at radius 3 is 2.24 bits per heavy atom. The second-order valence-electron chi connectivity index (χ2n) is 8.94. The van der Waals surface area contributed by atoms with Crippen molar-refractivity contribution in [2.45, 2.75) is 31.2 Å². The zero-order chi connectivity index (χ0) is 26.7. The number of hydrogen-bond acceptors (Lipinski definition) is 6. The van der Waals surface area contributed by atoms with Crippen LogP contribution in [0.25, 0.3) is 0 Å². The van der Waals surface area contributed by atoms with Crippen molar-refractivity contribution >= 4 is 58.3 Å². The van der Waals surface area contributed by atoms with Crippen LogP contribution in [0.5, 0.6) is 0 Å². The predicted octanol–water partition coefficient (Wildman–Crippen LogP) is 5.84. The number of aliphatic carboxylic acids is 1. The lowest BCUT2D eigenvalue weighted by molar-refractivity contribution is -0.139. The molecule has 0 unspecified atom stereocenters. The van der Waals surface area contributed by atoms with Gasteiger partial charge in [-0.1, -0.05) is 65.3 Å². The SMILES string of the molecule is CC1(C)C(=O)C(Sc2ccccc2)=C1N[C@@H](Cc1ccc(NC(=O)c2c(Cl)cncc2Cl)cc1)C(=O)O. The molecule has 1 aromatic heterocycles. The molecule has 0 saturated carbocycles. The van der Waals surface area contributed by atoms with Crippen LogP contribution in [0.2, 0.25) is 10.0 Å². The summed E-state index contributed by atoms with van der Waals surface area (Å²) < 4.78 is 0. The highest BCUT2D eigenvalue weighted by Crippen LogP contribution is 2.48. The number of benzene rings is 2. The molecule has 2 aromatic carbocycles. The van der Waals surface area contributed by atoms with Crippen LogP contribution < -0.4 is 10.6 Å². The van der Waals surface area contributed by atoms with Crippen molar-refractivity contribution in [3.05, 3.63) is 98.8 Å². The van der Waals surface area contributed by atoms with Gasteiger partial charge < -0.3 is 15.7 Å². The summed E-state index contributed by atoms with van der Waals surface area (Å²) >= 11 is 13.4. The fourth-order valence-corrected chi connectivity index (χ4v) is 5.67. The van der Waals surface area contributed by atoms with Crippen LogP contribution in [-0.2, 0) is 16.0 Å². The zero-order valence-electron chi connectivity index (χ0n) is 19.9. The van der Waals surface area contributed by atoms with Crippen molar-refractivity contribution in [1.82, 2.24) is 10.3 Å². The first-order chi connectivity index (χ1) is 17.6. The molecule has 1 aliphatic rings. The van der Waals surface area contributed by atoms with Crippen molar-refractivity contribution in [2.24, 2.45) is 5.41 Å². The number of ketones is 1. The Labute approximate surface area is 228 Å². The van der Waals surface area contributed by atoms with E-state index < -0.39 is 23.3 Å². The average Bonchev–Trinajstić information content (AvgIpc) is 2.86. The number of anilines is 1. The van der Waals surface area contributed by atoms with Crippen LogP contribution in [-0.4, -0.2) is 33.8 Å². The number of carbonyl (C=O) groups is 3. The van der Waals surface area contributed by atoms with E-state index in [1.165, 1.54) is 24.2 Å². The Kier molecular flexibility index (Phi) is 7.92. The minimum atomic E-state index is -1.04. The number of aromatic nitrogens is 1. The third-order valence-corrected chi connectivity index (χ3v) is 7.61. The first kappa shape index (κ1) is 26.7. The Balaban J connectivity index is 1.48. The van der Waals surface area contributed by atoms with E-state index >= 15 is 0 Å². The Hall–Kier alpha value is -3.33. The monoisotopic (exact) mass is 555 g/mol. The molecule has 1 atom stereocenters. The summed E-state index contributed by atoms with van der Waals surface area (Å²) in [7, 11) is 0. The number of carboxylic acids is 1. The van der Waals surface area contributed by atoms with Gasteiger partial charge in [-0.15, -0.1) is 0 Å². The van der Waals surface area contributed by atoms with Gasteiger partial charge in [0.05, 0.1) is 25.9 Å². The highest BCUT2D eigenvalue weighted by atomic mass is 35.5. The summed E-state index contributed by atoms with van der Waals surface area (Å²) in [5, 5.41) is 16.0. The lowest BCUT2D eigenvalue weighted by atomic mass is 9.74. The third-order valence-electron chi connectivity index (χ3n) is 5.94. The number of pyridine rings is 1. The number of hydrogen-bond donors (Lipinski definition) is 3. The largest absolute Gasteiger partial charge is 0.480 e. The molecule has 3 N–H and O–H groups in total. The van der Waals surface area contributed by atoms with Crippen molar-refractivity contribution < 1.29 is 19.5 Å². The first-order valence-corrected chi connectivity index (χ1v) is 12.9. The topological polar surface area (TPSA) is 108 Å². The lowest BCUT2D eigenvalue weighted by Gasteiger charge is -2.40. The number of halogens is 2. The van der Waals surface area contributed by atoms with Gasteiger partial charge in [-0.2, -0.15) is 0 Å². The van der Waals surface area contributed by atoms with Gasteiger partial charge in [0.25, 0.3) is 5.91 Å². The molecule has 190 valence electrons. The van der Waals surface area contributed by atoms with E-state index in [2.05, 4.69) is 15.6 Å². The zero-order valence-corrected chi connectivity index (χ0v) is 22.2. The molecule has 1 aliphatic carbocycles. The Bertz CT molecular complexity index is 1370. The number of thioether (sulfide) groups is 1. The van der Waals surface area contributed by atoms with Gasteiger partial charge in [0.2, 0.25) is 0 Å². The van der Waals surface area contributed by atoms with Gasteiger partial charge in [0, 0.05) is 35.1 Å². The van der Waals surface area contributed by atoms with Gasteiger partial charge in [-0.05, 0) is 43.7 Å². The maximum Gasteiger partial charge on any atom is 0.326 e. The van der Waals surface area contributed by atoms with Gasteiger partial charge in [-0.25, -0.2) is 4.79 Å². The highest BCUT2D eigenvalue weighted by Gasteiger charge is 2.48. The summed E-state index contributed by atoms with van der Waals surface area (Å²) in [6.07, 6.45) is 2.84. The minimum Gasteiger partial charge on any atom is -0.480 e. The number of rotatable bonds is 9. The van der Waals surface area contributed by atoms with E-state index in [9.17, 15) is 19.5 Å². The molecule has 7 nitrogen and oxygen atoms in total. The predicted molar refractivity (Wildman–Crippen MR) is 145 cm³/mol.